The molecular weight excluding hydrogens is 294 g/mol. The lowest BCUT2D eigenvalue weighted by Gasteiger charge is -2.09. The van der Waals surface area contributed by atoms with Crippen molar-refractivity contribution in [1.82, 2.24) is 5.32 Å². The van der Waals surface area contributed by atoms with Crippen LogP contribution in [0.25, 0.3) is 0 Å². The first-order valence-corrected chi connectivity index (χ1v) is 6.96. The molecule has 0 aliphatic heterocycles. The van der Waals surface area contributed by atoms with Crippen LogP contribution in [0.2, 0.25) is 0 Å². The number of aryl methyl sites for hydroxylation is 2. The highest BCUT2D eigenvalue weighted by atomic mass is 16.2. The molecule has 0 radical (unpaired) electrons. The summed E-state index contributed by atoms with van der Waals surface area (Å²) in [6.07, 6.45) is 0. The molecule has 2 rings (SSSR count). The first-order valence-electron chi connectivity index (χ1n) is 6.96. The molecule has 2 aromatic carbocycles. The molecule has 0 saturated carbocycles. The van der Waals surface area contributed by atoms with Gasteiger partial charge in [-0.15, -0.1) is 0 Å². The normalized spacial score (nSPS) is 10.0. The van der Waals surface area contributed by atoms with Gasteiger partial charge in [-0.1, -0.05) is 17.7 Å². The van der Waals surface area contributed by atoms with Gasteiger partial charge in [0.2, 0.25) is 0 Å². The molecule has 23 heavy (non-hydrogen) atoms. The Morgan fingerprint density at radius 1 is 0.913 bits per heavy atom. The maximum absolute atomic E-state index is 11.9. The van der Waals surface area contributed by atoms with Gasteiger partial charge in [0.05, 0.1) is 0 Å². The van der Waals surface area contributed by atoms with E-state index in [1.807, 2.05) is 31.3 Å². The van der Waals surface area contributed by atoms with Crippen molar-refractivity contribution < 1.29 is 14.4 Å². The Morgan fingerprint density at radius 2 is 1.57 bits per heavy atom. The van der Waals surface area contributed by atoms with E-state index in [0.29, 0.717) is 11.4 Å². The third-order valence-corrected chi connectivity index (χ3v) is 3.24. The number of carbonyl (C=O) groups is 3. The number of hydrogen-bond acceptors (Lipinski definition) is 4. The molecule has 0 saturated heterocycles. The van der Waals surface area contributed by atoms with Gasteiger partial charge in [-0.05, 0) is 49.7 Å². The minimum absolute atomic E-state index is 0.242. The Bertz CT molecular complexity index is 767. The van der Waals surface area contributed by atoms with Crippen LogP contribution in [0.15, 0.2) is 42.5 Å². The van der Waals surface area contributed by atoms with Crippen molar-refractivity contribution in [2.75, 3.05) is 11.1 Å². The standard InChI is InChI=1S/C17H17N3O3/c1-10-3-8-14(11(2)9-10)19-16(22)17(23)20-15(21)12-4-6-13(18)7-5-12/h3-9H,18H2,1-2H3,(H,19,22)(H,20,21,23). The summed E-state index contributed by atoms with van der Waals surface area (Å²) in [7, 11) is 0. The summed E-state index contributed by atoms with van der Waals surface area (Å²) in [6, 6.07) is 11.4. The fraction of sp³-hybridized carbons (Fsp3) is 0.118. The zero-order valence-electron chi connectivity index (χ0n) is 12.8. The molecule has 6 heteroatoms. The SMILES string of the molecule is Cc1ccc(NC(=O)C(=O)NC(=O)c2ccc(N)cc2)c(C)c1. The minimum atomic E-state index is -1.02. The number of nitrogen functional groups attached to an aromatic ring is 1. The van der Waals surface area contributed by atoms with E-state index in [4.69, 9.17) is 5.73 Å². The predicted octanol–water partition coefficient (Wildman–Crippen LogP) is 1.78. The molecule has 2 aromatic rings. The monoisotopic (exact) mass is 311 g/mol. The molecule has 0 heterocycles. The number of nitrogens with one attached hydrogen (secondary N) is 2. The van der Waals surface area contributed by atoms with Gasteiger partial charge >= 0.3 is 11.8 Å². The summed E-state index contributed by atoms with van der Waals surface area (Å²) >= 11 is 0. The zero-order valence-corrected chi connectivity index (χ0v) is 12.8. The number of rotatable bonds is 2. The average Bonchev–Trinajstić information content (AvgIpc) is 2.50. The highest BCUT2D eigenvalue weighted by Crippen LogP contribution is 2.15. The van der Waals surface area contributed by atoms with Crippen LogP contribution in [0.4, 0.5) is 11.4 Å². The van der Waals surface area contributed by atoms with Crippen molar-refractivity contribution in [2.45, 2.75) is 13.8 Å². The Hall–Kier alpha value is -3.15. The van der Waals surface area contributed by atoms with Gasteiger partial charge in [0, 0.05) is 16.9 Å². The number of nitrogens with two attached hydrogens (primary N) is 1. The van der Waals surface area contributed by atoms with Crippen LogP contribution in [0.5, 0.6) is 0 Å². The van der Waals surface area contributed by atoms with Crippen molar-refractivity contribution in [2.24, 2.45) is 0 Å². The second-order valence-electron chi connectivity index (χ2n) is 5.18. The lowest BCUT2D eigenvalue weighted by molar-refractivity contribution is -0.135. The Labute approximate surface area is 133 Å². The second kappa shape index (κ2) is 6.74. The third-order valence-electron chi connectivity index (χ3n) is 3.24. The summed E-state index contributed by atoms with van der Waals surface area (Å²) in [5.74, 6) is -2.58. The summed E-state index contributed by atoms with van der Waals surface area (Å²) in [5.41, 5.74) is 8.67. The topological polar surface area (TPSA) is 101 Å². The minimum Gasteiger partial charge on any atom is -0.399 e. The van der Waals surface area contributed by atoms with Gasteiger partial charge in [0.25, 0.3) is 5.91 Å². The second-order valence-corrected chi connectivity index (χ2v) is 5.18. The number of hydrogen-bond donors (Lipinski definition) is 3. The van der Waals surface area contributed by atoms with Crippen LogP contribution >= 0.6 is 0 Å². The molecule has 4 N–H and O–H groups in total. The van der Waals surface area contributed by atoms with Crippen molar-refractivity contribution in [1.29, 1.82) is 0 Å². The van der Waals surface area contributed by atoms with E-state index in [-0.39, 0.29) is 5.56 Å². The number of anilines is 2. The molecule has 0 atom stereocenters. The fourth-order valence-electron chi connectivity index (χ4n) is 2.00. The summed E-state index contributed by atoms with van der Waals surface area (Å²) < 4.78 is 0. The lowest BCUT2D eigenvalue weighted by atomic mass is 10.1. The Balaban J connectivity index is 2.01. The maximum atomic E-state index is 11.9. The van der Waals surface area contributed by atoms with Crippen LogP contribution < -0.4 is 16.4 Å². The summed E-state index contributed by atoms with van der Waals surface area (Å²) in [5, 5.41) is 4.52. The van der Waals surface area contributed by atoms with Crippen molar-refractivity contribution in [3.63, 3.8) is 0 Å². The Morgan fingerprint density at radius 3 is 2.17 bits per heavy atom. The molecule has 3 amide bonds. The van der Waals surface area contributed by atoms with Gasteiger partial charge in [-0.3, -0.25) is 19.7 Å². The van der Waals surface area contributed by atoms with Gasteiger partial charge < -0.3 is 11.1 Å². The number of carbonyl (C=O) groups excluding carboxylic acids is 3. The molecule has 0 aromatic heterocycles. The van der Waals surface area contributed by atoms with Gasteiger partial charge in [-0.25, -0.2) is 0 Å². The maximum Gasteiger partial charge on any atom is 0.316 e. The van der Waals surface area contributed by atoms with Crippen LogP contribution in [-0.2, 0) is 9.59 Å². The van der Waals surface area contributed by atoms with Gasteiger partial charge in [0.15, 0.2) is 0 Å². The van der Waals surface area contributed by atoms with E-state index in [0.717, 1.165) is 11.1 Å². The summed E-state index contributed by atoms with van der Waals surface area (Å²) in [6.45, 7) is 3.75. The molecule has 6 nitrogen and oxygen atoms in total. The lowest BCUT2D eigenvalue weighted by Crippen LogP contribution is -2.39. The number of imide groups is 1. The highest BCUT2D eigenvalue weighted by molar-refractivity contribution is 6.42. The first-order chi connectivity index (χ1) is 10.9. The average molecular weight is 311 g/mol. The van der Waals surface area contributed by atoms with Crippen molar-refractivity contribution >= 4 is 29.1 Å². The van der Waals surface area contributed by atoms with E-state index >= 15 is 0 Å². The molecular formula is C17H17N3O3. The van der Waals surface area contributed by atoms with Gasteiger partial charge in [-0.2, -0.15) is 0 Å². The van der Waals surface area contributed by atoms with E-state index in [1.165, 1.54) is 24.3 Å². The van der Waals surface area contributed by atoms with Gasteiger partial charge in [0.1, 0.15) is 0 Å². The van der Waals surface area contributed by atoms with Crippen LogP contribution in [-0.4, -0.2) is 17.7 Å². The van der Waals surface area contributed by atoms with E-state index in [1.54, 1.807) is 6.07 Å². The van der Waals surface area contributed by atoms with Crippen LogP contribution in [0.3, 0.4) is 0 Å². The number of benzene rings is 2. The molecule has 118 valence electrons. The molecule has 0 bridgehead atoms. The van der Waals surface area contributed by atoms with E-state index in [2.05, 4.69) is 5.32 Å². The largest absolute Gasteiger partial charge is 0.399 e. The smallest absolute Gasteiger partial charge is 0.316 e. The first kappa shape index (κ1) is 16.2. The quantitative estimate of drug-likeness (QED) is 0.581. The molecule has 0 unspecified atom stereocenters. The van der Waals surface area contributed by atoms with Crippen LogP contribution in [0.1, 0.15) is 21.5 Å². The van der Waals surface area contributed by atoms with E-state index in [9.17, 15) is 14.4 Å². The molecule has 0 aliphatic carbocycles. The zero-order chi connectivity index (χ0) is 17.0. The van der Waals surface area contributed by atoms with E-state index < -0.39 is 17.7 Å². The third kappa shape index (κ3) is 4.16. The molecule has 0 fully saturated rings. The summed E-state index contributed by atoms with van der Waals surface area (Å²) in [4.78, 5) is 35.6. The highest BCUT2D eigenvalue weighted by Gasteiger charge is 2.18. The molecule has 0 spiro atoms. The van der Waals surface area contributed by atoms with Crippen LogP contribution in [0, 0.1) is 13.8 Å². The van der Waals surface area contributed by atoms with Crippen molar-refractivity contribution in [3.05, 3.63) is 59.2 Å². The van der Waals surface area contributed by atoms with Crippen molar-refractivity contribution in [3.8, 4) is 0 Å². The number of amides is 3. The predicted molar refractivity (Wildman–Crippen MR) is 87.9 cm³/mol. The fourth-order valence-corrected chi connectivity index (χ4v) is 2.00. The molecule has 0 aliphatic rings. The Kier molecular flexibility index (Phi) is 4.75.